The van der Waals surface area contributed by atoms with Gasteiger partial charge in [-0.2, -0.15) is 0 Å². The smallest absolute Gasteiger partial charge is 0.266 e. The number of nitrogens with one attached hydrogen (secondary N) is 1. The third kappa shape index (κ3) is 5.06. The van der Waals surface area contributed by atoms with Crippen LogP contribution in [0.15, 0.2) is 46.5 Å². The summed E-state index contributed by atoms with van der Waals surface area (Å²) >= 11 is 0. The first-order valence-corrected chi connectivity index (χ1v) is 17.5. The lowest BCUT2D eigenvalue weighted by molar-refractivity contribution is -0.142. The lowest BCUT2D eigenvalue weighted by Gasteiger charge is -2.49. The van der Waals surface area contributed by atoms with Crippen LogP contribution in [0.4, 0.5) is 8.78 Å². The summed E-state index contributed by atoms with van der Waals surface area (Å²) in [6.45, 7) is 11.3. The van der Waals surface area contributed by atoms with Gasteiger partial charge in [-0.05, 0) is 44.4 Å². The number of carbonyl (C=O) groups excluding carboxylic acids is 2. The molecule has 1 saturated heterocycles. The highest BCUT2D eigenvalue weighted by Crippen LogP contribution is 2.55. The molecular formula is C29H40F2N4O3Si. The zero-order valence-electron chi connectivity index (χ0n) is 23.7. The maximum Gasteiger partial charge on any atom is 0.266 e. The highest BCUT2D eigenvalue weighted by Gasteiger charge is 2.55. The fourth-order valence-electron chi connectivity index (χ4n) is 6.49. The molecule has 4 aliphatic rings. The zero-order valence-corrected chi connectivity index (χ0v) is 24.7. The van der Waals surface area contributed by atoms with Crippen LogP contribution in [0.5, 0.6) is 5.75 Å². The van der Waals surface area contributed by atoms with E-state index in [9.17, 15) is 18.4 Å². The molecule has 1 N–H and O–H groups in total. The van der Waals surface area contributed by atoms with Crippen molar-refractivity contribution < 1.29 is 23.1 Å². The van der Waals surface area contributed by atoms with Gasteiger partial charge in [0, 0.05) is 30.1 Å². The van der Waals surface area contributed by atoms with Gasteiger partial charge in [0.1, 0.15) is 11.6 Å². The van der Waals surface area contributed by atoms with E-state index in [1.54, 1.807) is 21.9 Å². The lowest BCUT2D eigenvalue weighted by atomic mass is 9.83. The van der Waals surface area contributed by atoms with Gasteiger partial charge in [0.15, 0.2) is 6.10 Å². The zero-order chi connectivity index (χ0) is 28.2. The number of rotatable bonds is 7. The standard InChI is InChI=1S/C29H40F2N4O3Si/c1-27(2)22-16-32-24(33-26(37)28(12-9-13-28)39(3,4)5)21(22)17-35(27)25(36)23(38-20-10-7-6-8-11-20)18-34-15-14-29(30,31)19-34/h6-8,10-11,23H,9,12-19H2,1-5H3,(H,32,33,37). The number of amidine groups is 1. The van der Waals surface area contributed by atoms with E-state index in [4.69, 9.17) is 4.74 Å². The van der Waals surface area contributed by atoms with Gasteiger partial charge < -0.3 is 15.0 Å². The quantitative estimate of drug-likeness (QED) is 0.501. The topological polar surface area (TPSA) is 74.2 Å². The van der Waals surface area contributed by atoms with Crippen LogP contribution in [0.25, 0.3) is 0 Å². The fourth-order valence-corrected chi connectivity index (χ4v) is 9.08. The summed E-state index contributed by atoms with van der Waals surface area (Å²) in [6, 6.07) is 9.02. The van der Waals surface area contributed by atoms with Crippen LogP contribution in [0.1, 0.15) is 39.5 Å². The number of halogens is 2. The number of hydrogen-bond acceptors (Lipinski definition) is 5. The maximum atomic E-state index is 14.1. The second-order valence-corrected chi connectivity index (χ2v) is 18.5. The number of nitrogens with zero attached hydrogens (tertiary/aromatic N) is 3. The Morgan fingerprint density at radius 1 is 1.13 bits per heavy atom. The first-order valence-electron chi connectivity index (χ1n) is 14.0. The van der Waals surface area contributed by atoms with Gasteiger partial charge in [-0.15, -0.1) is 0 Å². The molecular weight excluding hydrogens is 518 g/mol. The average molecular weight is 559 g/mol. The Morgan fingerprint density at radius 2 is 1.82 bits per heavy atom. The number of likely N-dealkylation sites (tertiary alicyclic amines) is 1. The van der Waals surface area contributed by atoms with Crippen LogP contribution in [-0.2, 0) is 9.59 Å². The highest BCUT2D eigenvalue weighted by molar-refractivity contribution is 6.82. The largest absolute Gasteiger partial charge is 0.479 e. The molecule has 1 atom stereocenters. The summed E-state index contributed by atoms with van der Waals surface area (Å²) in [7, 11) is -1.76. The third-order valence-corrected chi connectivity index (χ3v) is 12.9. The number of para-hydroxylation sites is 1. The third-order valence-electron chi connectivity index (χ3n) is 9.32. The average Bonchev–Trinajstić information content (AvgIpc) is 3.45. The second kappa shape index (κ2) is 9.80. The van der Waals surface area contributed by atoms with Crippen LogP contribution in [0, 0.1) is 0 Å². The Morgan fingerprint density at radius 3 is 2.38 bits per heavy atom. The molecule has 39 heavy (non-hydrogen) atoms. The van der Waals surface area contributed by atoms with Gasteiger partial charge in [0.2, 0.25) is 5.91 Å². The molecule has 10 heteroatoms. The van der Waals surface area contributed by atoms with Crippen molar-refractivity contribution in [3.8, 4) is 5.75 Å². The minimum Gasteiger partial charge on any atom is -0.479 e. The Balaban J connectivity index is 1.34. The van der Waals surface area contributed by atoms with E-state index in [0.29, 0.717) is 24.7 Å². The van der Waals surface area contributed by atoms with Gasteiger partial charge >= 0.3 is 0 Å². The van der Waals surface area contributed by atoms with E-state index < -0.39 is 25.6 Å². The Kier molecular flexibility index (Phi) is 7.02. The molecule has 1 saturated carbocycles. The van der Waals surface area contributed by atoms with E-state index >= 15 is 0 Å². The number of carbonyl (C=O) groups is 2. The van der Waals surface area contributed by atoms with E-state index in [1.807, 2.05) is 32.0 Å². The van der Waals surface area contributed by atoms with Crippen molar-refractivity contribution in [2.75, 3.05) is 32.7 Å². The Hall–Kier alpha value is -2.59. The number of benzene rings is 1. The predicted molar refractivity (Wildman–Crippen MR) is 150 cm³/mol. The molecule has 1 aromatic carbocycles. The molecule has 1 aliphatic carbocycles. The Bertz CT molecular complexity index is 1200. The van der Waals surface area contributed by atoms with Gasteiger partial charge in [0.25, 0.3) is 11.8 Å². The van der Waals surface area contributed by atoms with Crippen LogP contribution in [-0.4, -0.2) is 85.8 Å². The molecule has 5 rings (SSSR count). The number of alkyl halides is 2. The molecule has 0 spiro atoms. The van der Waals surface area contributed by atoms with Crippen molar-refractivity contribution in [1.29, 1.82) is 0 Å². The molecule has 3 aliphatic heterocycles. The summed E-state index contributed by atoms with van der Waals surface area (Å²) in [6.07, 6.45) is 1.73. The molecule has 1 unspecified atom stereocenters. The van der Waals surface area contributed by atoms with Crippen molar-refractivity contribution in [2.45, 2.75) is 81.8 Å². The van der Waals surface area contributed by atoms with Crippen LogP contribution in [0.3, 0.4) is 0 Å². The van der Waals surface area contributed by atoms with E-state index in [1.165, 1.54) is 0 Å². The monoisotopic (exact) mass is 558 g/mol. The molecule has 0 radical (unpaired) electrons. The molecule has 0 aromatic heterocycles. The number of amides is 2. The van der Waals surface area contributed by atoms with Gasteiger partial charge in [-0.25, -0.2) is 8.78 Å². The number of aliphatic imine (C=N–C) groups is 1. The fraction of sp³-hybridized carbons (Fsp3) is 0.621. The molecule has 212 valence electrons. The van der Waals surface area contributed by atoms with E-state index in [-0.39, 0.29) is 42.9 Å². The highest BCUT2D eigenvalue weighted by atomic mass is 28.3. The summed E-state index contributed by atoms with van der Waals surface area (Å²) in [5.74, 6) is -1.86. The van der Waals surface area contributed by atoms with E-state index in [2.05, 4.69) is 30.0 Å². The van der Waals surface area contributed by atoms with Gasteiger partial charge in [0.05, 0.1) is 33.2 Å². The number of ether oxygens (including phenoxy) is 1. The maximum absolute atomic E-state index is 14.1. The predicted octanol–water partition coefficient (Wildman–Crippen LogP) is 4.48. The van der Waals surface area contributed by atoms with Crippen LogP contribution >= 0.6 is 0 Å². The molecule has 2 amide bonds. The lowest BCUT2D eigenvalue weighted by Crippen LogP contribution is -2.55. The SMILES string of the molecule is CC1(C)C2=C(CN1C(=O)C(CN1CCC(F)(F)C1)Oc1ccccc1)C(NC(=O)C1([Si](C)(C)C)CCC1)=NC2. The van der Waals surface area contributed by atoms with Crippen LogP contribution in [0.2, 0.25) is 24.7 Å². The first kappa shape index (κ1) is 28.0. The second-order valence-electron chi connectivity index (χ2n) is 13.0. The Labute approximate surface area is 230 Å². The normalized spacial score (nSPS) is 24.2. The first-order chi connectivity index (χ1) is 18.2. The van der Waals surface area contributed by atoms with E-state index in [0.717, 1.165) is 30.4 Å². The summed E-state index contributed by atoms with van der Waals surface area (Å²) in [5.41, 5.74) is 1.24. The van der Waals surface area contributed by atoms with Crippen molar-refractivity contribution in [2.24, 2.45) is 4.99 Å². The molecule has 2 fully saturated rings. The number of hydrogen-bond donors (Lipinski definition) is 1. The molecule has 0 bridgehead atoms. The van der Waals surface area contributed by atoms with Gasteiger partial charge in [-0.1, -0.05) is 44.3 Å². The van der Waals surface area contributed by atoms with Crippen molar-refractivity contribution >= 4 is 25.7 Å². The van der Waals surface area contributed by atoms with Crippen molar-refractivity contribution in [3.63, 3.8) is 0 Å². The summed E-state index contributed by atoms with van der Waals surface area (Å²) in [4.78, 5) is 35.6. The van der Waals surface area contributed by atoms with Crippen LogP contribution < -0.4 is 10.1 Å². The minimum absolute atomic E-state index is 0.0586. The minimum atomic E-state index is -2.76. The summed E-state index contributed by atoms with van der Waals surface area (Å²) in [5, 5.41) is 2.88. The molecule has 7 nitrogen and oxygen atoms in total. The summed E-state index contributed by atoms with van der Waals surface area (Å²) < 4.78 is 34.1. The molecule has 1 aromatic rings. The molecule has 3 heterocycles. The van der Waals surface area contributed by atoms with Crippen molar-refractivity contribution in [1.82, 2.24) is 15.1 Å². The van der Waals surface area contributed by atoms with Gasteiger partial charge in [-0.3, -0.25) is 19.5 Å². The van der Waals surface area contributed by atoms with Crippen molar-refractivity contribution in [3.05, 3.63) is 41.5 Å².